The van der Waals surface area contributed by atoms with E-state index in [0.717, 1.165) is 29.2 Å². The highest BCUT2D eigenvalue weighted by atomic mass is 79.9. The number of anilines is 4. The van der Waals surface area contributed by atoms with Crippen molar-refractivity contribution in [3.05, 3.63) is 117 Å². The normalized spacial score (nSPS) is 12.8. The molecule has 5 rings (SSSR count). The van der Waals surface area contributed by atoms with Crippen molar-refractivity contribution in [2.75, 3.05) is 48.8 Å². The molecule has 3 N–H and O–H groups in total. The van der Waals surface area contributed by atoms with Crippen LogP contribution in [0.2, 0.25) is 10.0 Å². The summed E-state index contributed by atoms with van der Waals surface area (Å²) in [7, 11) is 0. The smallest absolute Gasteiger partial charge is 0.338 e. The van der Waals surface area contributed by atoms with Gasteiger partial charge in [-0.05, 0) is 89.4 Å². The van der Waals surface area contributed by atoms with Crippen LogP contribution in [0.3, 0.4) is 0 Å². The molecule has 1 fully saturated rings. The van der Waals surface area contributed by atoms with Gasteiger partial charge in [0.15, 0.2) is 0 Å². The average molecular weight is 799 g/mol. The first-order chi connectivity index (χ1) is 24.7. The Morgan fingerprint density at radius 1 is 0.863 bits per heavy atom. The van der Waals surface area contributed by atoms with Crippen LogP contribution in [-0.2, 0) is 20.8 Å². The van der Waals surface area contributed by atoms with Gasteiger partial charge >= 0.3 is 11.9 Å². The third kappa shape index (κ3) is 12.8. The summed E-state index contributed by atoms with van der Waals surface area (Å²) in [5.41, 5.74) is 11.2. The number of carbonyl (C=O) groups is 2. The predicted molar refractivity (Wildman–Crippen MR) is 213 cm³/mol. The minimum atomic E-state index is -0.384. The van der Waals surface area contributed by atoms with E-state index in [0.29, 0.717) is 51.4 Å². The fourth-order valence-electron chi connectivity index (χ4n) is 6.01. The first-order valence-corrected chi connectivity index (χ1v) is 18.9. The molecule has 0 aromatic heterocycles. The number of hydrogen-bond acceptors (Lipinski definition) is 8. The van der Waals surface area contributed by atoms with Crippen molar-refractivity contribution in [3.63, 3.8) is 0 Å². The average Bonchev–Trinajstić information content (AvgIpc) is 3.14. The van der Waals surface area contributed by atoms with Gasteiger partial charge in [-0.15, -0.1) is 0 Å². The molecule has 1 saturated carbocycles. The second kappa shape index (κ2) is 20.9. The van der Waals surface area contributed by atoms with E-state index in [4.69, 9.17) is 38.4 Å². The van der Waals surface area contributed by atoms with Crippen LogP contribution in [0, 0.1) is 0 Å². The fraction of sp³-hybridized carbons (Fsp3) is 0.350. The Morgan fingerprint density at radius 3 is 2.08 bits per heavy atom. The van der Waals surface area contributed by atoms with Crippen LogP contribution < -0.4 is 16.0 Å². The van der Waals surface area contributed by atoms with Crippen molar-refractivity contribution >= 4 is 73.8 Å². The van der Waals surface area contributed by atoms with Crippen LogP contribution in [-0.4, -0.2) is 55.7 Å². The first kappa shape index (κ1) is 40.0. The number of benzene rings is 4. The van der Waals surface area contributed by atoms with Gasteiger partial charge in [-0.1, -0.05) is 91.9 Å². The zero-order valence-electron chi connectivity index (χ0n) is 29.3. The highest BCUT2D eigenvalue weighted by molar-refractivity contribution is 9.10. The SMILES string of the molecule is CCN(Cc1cc(C(=O)OCCN(CCOC(C)=O)c2ccccc2)cc(Br)c1N)C1CCCCC1.Clc1cccc(Cl)c1Nc1ccccc1. The molecule has 0 saturated heterocycles. The number of hydrogen-bond donors (Lipinski definition) is 2. The maximum absolute atomic E-state index is 13.0. The summed E-state index contributed by atoms with van der Waals surface area (Å²) in [5.74, 6) is -0.699. The zero-order chi connectivity index (χ0) is 36.6. The van der Waals surface area contributed by atoms with Gasteiger partial charge in [0.1, 0.15) is 13.2 Å². The molecule has 1 aliphatic rings. The summed E-state index contributed by atoms with van der Waals surface area (Å²) >= 11 is 15.6. The number of rotatable bonds is 14. The monoisotopic (exact) mass is 796 g/mol. The molecule has 0 atom stereocenters. The Balaban J connectivity index is 0.000000322. The highest BCUT2D eigenvalue weighted by Gasteiger charge is 2.22. The number of nitrogens with two attached hydrogens (primary N) is 1. The number of esters is 2. The van der Waals surface area contributed by atoms with Crippen LogP contribution in [0.4, 0.5) is 22.7 Å². The molecule has 4 aromatic rings. The van der Waals surface area contributed by atoms with Crippen LogP contribution >= 0.6 is 39.1 Å². The second-order valence-electron chi connectivity index (χ2n) is 12.3. The van der Waals surface area contributed by atoms with E-state index in [1.165, 1.54) is 39.0 Å². The fourth-order valence-corrected chi connectivity index (χ4v) is 7.00. The molecule has 272 valence electrons. The summed E-state index contributed by atoms with van der Waals surface area (Å²) in [5, 5.41) is 4.41. The first-order valence-electron chi connectivity index (χ1n) is 17.3. The molecule has 8 nitrogen and oxygen atoms in total. The Kier molecular flexibility index (Phi) is 16.4. The maximum atomic E-state index is 13.0. The molecule has 0 bridgehead atoms. The quantitative estimate of drug-likeness (QED) is 0.0962. The van der Waals surface area contributed by atoms with Crippen molar-refractivity contribution in [2.24, 2.45) is 0 Å². The highest BCUT2D eigenvalue weighted by Crippen LogP contribution is 2.33. The van der Waals surface area contributed by atoms with Crippen molar-refractivity contribution in [1.29, 1.82) is 0 Å². The Morgan fingerprint density at radius 2 is 1.47 bits per heavy atom. The van der Waals surface area contributed by atoms with Crippen LogP contribution in [0.5, 0.6) is 0 Å². The Hall–Kier alpha value is -3.76. The van der Waals surface area contributed by atoms with E-state index in [-0.39, 0.29) is 25.2 Å². The zero-order valence-corrected chi connectivity index (χ0v) is 32.4. The van der Waals surface area contributed by atoms with Crippen LogP contribution in [0.1, 0.15) is 61.9 Å². The summed E-state index contributed by atoms with van der Waals surface area (Å²) in [6, 6.07) is 29.1. The molecule has 0 spiro atoms. The van der Waals surface area contributed by atoms with E-state index in [9.17, 15) is 9.59 Å². The Bertz CT molecular complexity index is 1670. The maximum Gasteiger partial charge on any atom is 0.338 e. The number of nitrogens with one attached hydrogen (secondary N) is 1. The van der Waals surface area contributed by atoms with Crippen molar-refractivity contribution in [1.82, 2.24) is 4.90 Å². The molecular weight excluding hydrogens is 751 g/mol. The van der Waals surface area contributed by atoms with Crippen molar-refractivity contribution in [3.8, 4) is 0 Å². The lowest BCUT2D eigenvalue weighted by molar-refractivity contribution is -0.140. The van der Waals surface area contributed by atoms with Gasteiger partial charge in [-0.2, -0.15) is 0 Å². The molecule has 0 aliphatic heterocycles. The molecule has 51 heavy (non-hydrogen) atoms. The molecule has 0 heterocycles. The molecular formula is C40H47BrCl2N4O4. The third-order valence-electron chi connectivity index (χ3n) is 8.71. The molecule has 11 heteroatoms. The second-order valence-corrected chi connectivity index (χ2v) is 13.9. The van der Waals surface area contributed by atoms with E-state index in [1.807, 2.05) is 77.7 Å². The summed E-state index contributed by atoms with van der Waals surface area (Å²) in [6.45, 7) is 6.68. The van der Waals surface area contributed by atoms with Crippen molar-refractivity contribution < 1.29 is 19.1 Å². The van der Waals surface area contributed by atoms with E-state index >= 15 is 0 Å². The number of ether oxygens (including phenoxy) is 2. The molecule has 4 aromatic carbocycles. The summed E-state index contributed by atoms with van der Waals surface area (Å²) in [4.78, 5) is 28.6. The third-order valence-corrected chi connectivity index (χ3v) is 10.00. The molecule has 0 radical (unpaired) electrons. The number of nitrogen functional groups attached to an aromatic ring is 1. The summed E-state index contributed by atoms with van der Waals surface area (Å²) < 4.78 is 11.5. The lowest BCUT2D eigenvalue weighted by atomic mass is 9.93. The van der Waals surface area contributed by atoms with E-state index in [1.54, 1.807) is 18.2 Å². The minimum absolute atomic E-state index is 0.203. The summed E-state index contributed by atoms with van der Waals surface area (Å²) in [6.07, 6.45) is 6.29. The predicted octanol–water partition coefficient (Wildman–Crippen LogP) is 10.1. The largest absolute Gasteiger partial charge is 0.464 e. The standard InChI is InChI=1S/C28H38BrN3O4.C12H9Cl2N/c1-3-31(24-10-6-4-7-11-24)20-23-18-22(19-26(29)27(23)30)28(34)36-17-15-32(14-16-35-21(2)33)25-12-8-5-9-13-25;13-10-7-4-8-11(14)12(10)15-9-5-2-1-3-6-9/h5,8-9,12-13,18-19,24H,3-4,6-7,10-11,14-17,20,30H2,1-2H3;1-8,15H. The van der Waals surface area contributed by atoms with Crippen LogP contribution in [0.15, 0.2) is 95.5 Å². The van der Waals surface area contributed by atoms with Gasteiger partial charge in [0.2, 0.25) is 0 Å². The number of para-hydroxylation sites is 3. The van der Waals surface area contributed by atoms with Gasteiger partial charge in [0.25, 0.3) is 0 Å². The van der Waals surface area contributed by atoms with Crippen molar-refractivity contribution in [2.45, 2.75) is 58.5 Å². The van der Waals surface area contributed by atoms with Gasteiger partial charge < -0.3 is 25.4 Å². The number of nitrogens with zero attached hydrogens (tertiary/aromatic N) is 2. The molecule has 0 amide bonds. The lowest BCUT2D eigenvalue weighted by Crippen LogP contribution is -2.36. The Labute approximate surface area is 320 Å². The number of carbonyl (C=O) groups excluding carboxylic acids is 2. The van der Waals surface area contributed by atoms with Gasteiger partial charge in [-0.25, -0.2) is 4.79 Å². The molecule has 1 aliphatic carbocycles. The van der Waals surface area contributed by atoms with Gasteiger partial charge in [0, 0.05) is 35.4 Å². The van der Waals surface area contributed by atoms with E-state index in [2.05, 4.69) is 33.1 Å². The lowest BCUT2D eigenvalue weighted by Gasteiger charge is -2.34. The molecule has 0 unspecified atom stereocenters. The van der Waals surface area contributed by atoms with E-state index < -0.39 is 0 Å². The van der Waals surface area contributed by atoms with Gasteiger partial charge in [-0.3, -0.25) is 9.69 Å². The van der Waals surface area contributed by atoms with Gasteiger partial charge in [0.05, 0.1) is 40.1 Å². The van der Waals surface area contributed by atoms with Crippen LogP contribution in [0.25, 0.3) is 0 Å². The number of halogens is 3. The minimum Gasteiger partial charge on any atom is -0.464 e. The topological polar surface area (TPSA) is 97.1 Å².